The number of hydrogen-bond acceptors (Lipinski definition) is 5. The third-order valence-corrected chi connectivity index (χ3v) is 7.56. The number of carbonyl (C=O) groups is 1. The normalized spacial score (nSPS) is 17.3. The summed E-state index contributed by atoms with van der Waals surface area (Å²) in [6, 6.07) is 7.51. The molecule has 0 bridgehead atoms. The fraction of sp³-hybridized carbons (Fsp3) is 0.409. The van der Waals surface area contributed by atoms with Crippen LogP contribution in [0.4, 0.5) is 13.2 Å². The fourth-order valence-electron chi connectivity index (χ4n) is 3.74. The summed E-state index contributed by atoms with van der Waals surface area (Å²) in [5, 5.41) is 12.4. The van der Waals surface area contributed by atoms with Crippen LogP contribution in [0.2, 0.25) is 5.02 Å². The van der Waals surface area contributed by atoms with Crippen molar-refractivity contribution in [3.8, 4) is 0 Å². The lowest BCUT2D eigenvalue weighted by atomic mass is 10.0. The first-order chi connectivity index (χ1) is 15.4. The smallest absolute Gasteiger partial charge is 0.392 e. The Balaban J connectivity index is 1.81. The number of aliphatic hydroxyl groups is 1. The van der Waals surface area contributed by atoms with Crippen molar-refractivity contribution in [2.45, 2.75) is 43.6 Å². The second kappa shape index (κ2) is 10.0. The van der Waals surface area contributed by atoms with Gasteiger partial charge in [-0.15, -0.1) is 0 Å². The largest absolute Gasteiger partial charge is 0.416 e. The third-order valence-electron chi connectivity index (χ3n) is 5.50. The number of benzene rings is 2. The minimum Gasteiger partial charge on any atom is -0.392 e. The highest BCUT2D eigenvalue weighted by atomic mass is 35.5. The van der Waals surface area contributed by atoms with Crippen LogP contribution in [-0.2, 0) is 29.1 Å². The molecular formula is C22H24ClF3N2O4S. The number of carbonyl (C=O) groups excluding carboxylic acids is 1. The van der Waals surface area contributed by atoms with Gasteiger partial charge in [0.1, 0.15) is 0 Å². The number of sulfone groups is 1. The molecule has 1 heterocycles. The summed E-state index contributed by atoms with van der Waals surface area (Å²) < 4.78 is 65.6. The van der Waals surface area contributed by atoms with Crippen LogP contribution in [0.25, 0.3) is 0 Å². The van der Waals surface area contributed by atoms with Crippen molar-refractivity contribution in [2.75, 3.05) is 18.8 Å². The van der Waals surface area contributed by atoms with Gasteiger partial charge in [-0.25, -0.2) is 8.42 Å². The molecule has 3 rings (SSSR count). The van der Waals surface area contributed by atoms with Gasteiger partial charge in [-0.2, -0.15) is 13.2 Å². The van der Waals surface area contributed by atoms with Crippen molar-refractivity contribution in [2.24, 2.45) is 0 Å². The van der Waals surface area contributed by atoms with Crippen molar-refractivity contribution in [1.82, 2.24) is 10.2 Å². The fourth-order valence-corrected chi connectivity index (χ4v) is 5.05. The Morgan fingerprint density at radius 2 is 1.94 bits per heavy atom. The standard InChI is InChI=1S/C22H24ClF3N2O4S/c1-2-33(31,32)20-6-5-17(23)9-16(20)11-27-21(30)14-3-4-15(19(10-14)22(24,25)26)12-28-8-7-18(29)13-28/h3-6,9-10,18,29H,2,7-8,11-13H2,1H3,(H,27,30). The molecule has 1 fully saturated rings. The molecule has 2 aromatic carbocycles. The molecule has 1 saturated heterocycles. The predicted octanol–water partition coefficient (Wildman–Crippen LogP) is 3.65. The molecule has 33 heavy (non-hydrogen) atoms. The van der Waals surface area contributed by atoms with Crippen LogP contribution in [-0.4, -0.2) is 49.3 Å². The molecule has 1 aliphatic rings. The van der Waals surface area contributed by atoms with Gasteiger partial charge in [-0.1, -0.05) is 24.6 Å². The average Bonchev–Trinajstić information content (AvgIpc) is 3.15. The number of hydrogen-bond donors (Lipinski definition) is 2. The quantitative estimate of drug-likeness (QED) is 0.601. The molecule has 2 aromatic rings. The summed E-state index contributed by atoms with van der Waals surface area (Å²) in [5.41, 5.74) is -0.861. The highest BCUT2D eigenvalue weighted by molar-refractivity contribution is 7.91. The van der Waals surface area contributed by atoms with Gasteiger partial charge in [-0.05, 0) is 47.9 Å². The summed E-state index contributed by atoms with van der Waals surface area (Å²) in [6.07, 6.45) is -4.72. The van der Waals surface area contributed by atoms with Crippen LogP contribution in [0, 0.1) is 0 Å². The Hall–Kier alpha value is -2.14. The lowest BCUT2D eigenvalue weighted by Gasteiger charge is -2.20. The van der Waals surface area contributed by atoms with Crippen molar-refractivity contribution >= 4 is 27.3 Å². The zero-order valence-electron chi connectivity index (χ0n) is 17.8. The van der Waals surface area contributed by atoms with E-state index in [4.69, 9.17) is 11.6 Å². The SMILES string of the molecule is CCS(=O)(=O)c1ccc(Cl)cc1CNC(=O)c1ccc(CN2CCC(O)C2)c(C(F)(F)F)c1. The zero-order chi connectivity index (χ0) is 24.4. The Kier molecular flexibility index (Phi) is 7.73. The van der Waals surface area contributed by atoms with E-state index in [1.807, 2.05) is 0 Å². The van der Waals surface area contributed by atoms with Gasteiger partial charge >= 0.3 is 6.18 Å². The number of nitrogens with one attached hydrogen (secondary N) is 1. The first-order valence-corrected chi connectivity index (χ1v) is 12.3. The van der Waals surface area contributed by atoms with Gasteiger partial charge in [0, 0.05) is 36.8 Å². The van der Waals surface area contributed by atoms with Crippen LogP contribution >= 0.6 is 11.6 Å². The molecular weight excluding hydrogens is 481 g/mol. The van der Waals surface area contributed by atoms with Gasteiger partial charge in [-0.3, -0.25) is 9.69 Å². The summed E-state index contributed by atoms with van der Waals surface area (Å²) in [7, 11) is -3.59. The maximum atomic E-state index is 13.7. The van der Waals surface area contributed by atoms with E-state index in [1.165, 1.54) is 37.3 Å². The van der Waals surface area contributed by atoms with E-state index in [2.05, 4.69) is 5.32 Å². The molecule has 11 heteroatoms. The molecule has 1 unspecified atom stereocenters. The topological polar surface area (TPSA) is 86.7 Å². The number of β-amino-alcohol motifs (C(OH)–C–C–N with tert-alkyl or cyclic N) is 1. The summed E-state index contributed by atoms with van der Waals surface area (Å²) in [5.74, 6) is -0.927. The molecule has 1 atom stereocenters. The highest BCUT2D eigenvalue weighted by Gasteiger charge is 2.35. The van der Waals surface area contributed by atoms with Gasteiger partial charge < -0.3 is 10.4 Å². The van der Waals surface area contributed by atoms with Gasteiger partial charge in [0.15, 0.2) is 9.84 Å². The van der Waals surface area contributed by atoms with Gasteiger partial charge in [0.25, 0.3) is 5.91 Å². The van der Waals surface area contributed by atoms with Crippen molar-refractivity contribution in [3.63, 3.8) is 0 Å². The van der Waals surface area contributed by atoms with Crippen molar-refractivity contribution < 1.29 is 31.5 Å². The molecule has 0 saturated carbocycles. The van der Waals surface area contributed by atoms with E-state index >= 15 is 0 Å². The second-order valence-electron chi connectivity index (χ2n) is 7.89. The average molecular weight is 505 g/mol. The molecule has 6 nitrogen and oxygen atoms in total. The lowest BCUT2D eigenvalue weighted by molar-refractivity contribution is -0.138. The second-order valence-corrected chi connectivity index (χ2v) is 10.6. The van der Waals surface area contributed by atoms with Crippen molar-refractivity contribution in [1.29, 1.82) is 0 Å². The Morgan fingerprint density at radius 3 is 2.55 bits per heavy atom. The number of halogens is 4. The van der Waals surface area contributed by atoms with Gasteiger partial charge in [0.2, 0.25) is 0 Å². The van der Waals surface area contributed by atoms with Crippen molar-refractivity contribution in [3.05, 3.63) is 63.7 Å². The van der Waals surface area contributed by atoms with E-state index in [0.29, 0.717) is 19.5 Å². The Labute approximate surface area is 195 Å². The van der Waals surface area contributed by atoms with Crippen LogP contribution < -0.4 is 5.32 Å². The lowest BCUT2D eigenvalue weighted by Crippen LogP contribution is -2.26. The number of rotatable bonds is 7. The number of alkyl halides is 3. The number of aliphatic hydroxyl groups excluding tert-OH is 1. The molecule has 180 valence electrons. The van der Waals surface area contributed by atoms with Crippen LogP contribution in [0.3, 0.4) is 0 Å². The highest BCUT2D eigenvalue weighted by Crippen LogP contribution is 2.34. The predicted molar refractivity (Wildman–Crippen MR) is 118 cm³/mol. The Morgan fingerprint density at radius 1 is 1.21 bits per heavy atom. The molecule has 0 aromatic heterocycles. The molecule has 1 aliphatic heterocycles. The first-order valence-electron chi connectivity index (χ1n) is 10.3. The number of amides is 1. The maximum absolute atomic E-state index is 13.7. The number of nitrogens with zero attached hydrogens (tertiary/aromatic N) is 1. The minimum atomic E-state index is -4.67. The van der Waals surface area contributed by atoms with Crippen LogP contribution in [0.1, 0.15) is 40.4 Å². The van der Waals surface area contributed by atoms with E-state index in [1.54, 1.807) is 4.90 Å². The molecule has 2 N–H and O–H groups in total. The summed E-state index contributed by atoms with van der Waals surface area (Å²) >= 11 is 5.96. The molecule has 0 radical (unpaired) electrons. The monoisotopic (exact) mass is 504 g/mol. The molecule has 0 aliphatic carbocycles. The van der Waals surface area contributed by atoms with E-state index in [9.17, 15) is 31.5 Å². The van der Waals surface area contributed by atoms with E-state index in [0.717, 1.165) is 6.07 Å². The van der Waals surface area contributed by atoms with Crippen LogP contribution in [0.5, 0.6) is 0 Å². The number of likely N-dealkylation sites (tertiary alicyclic amines) is 1. The maximum Gasteiger partial charge on any atom is 0.416 e. The molecule has 1 amide bonds. The van der Waals surface area contributed by atoms with E-state index < -0.39 is 33.6 Å². The third kappa shape index (κ3) is 6.26. The summed E-state index contributed by atoms with van der Waals surface area (Å²) in [4.78, 5) is 14.3. The van der Waals surface area contributed by atoms with Crippen LogP contribution in [0.15, 0.2) is 41.3 Å². The zero-order valence-corrected chi connectivity index (χ0v) is 19.4. The van der Waals surface area contributed by atoms with Gasteiger partial charge in [0.05, 0.1) is 22.3 Å². The van der Waals surface area contributed by atoms with E-state index in [-0.39, 0.29) is 45.5 Å². The Bertz CT molecular complexity index is 1140. The molecule has 0 spiro atoms. The minimum absolute atomic E-state index is 0.00818. The first kappa shape index (κ1) is 25.5. The summed E-state index contributed by atoms with van der Waals surface area (Å²) in [6.45, 7) is 2.05.